The number of aliphatic hydroxyl groups excluding tert-OH is 1. The first-order valence-electron chi connectivity index (χ1n) is 8.71. The van der Waals surface area contributed by atoms with Crippen molar-refractivity contribution in [3.8, 4) is 0 Å². The molecule has 0 aliphatic carbocycles. The number of aliphatic hydroxyl groups is 1. The van der Waals surface area contributed by atoms with Crippen molar-refractivity contribution in [3.63, 3.8) is 0 Å². The third-order valence-corrected chi connectivity index (χ3v) is 5.15. The normalized spacial score (nSPS) is 18.3. The molecule has 144 valence electrons. The van der Waals surface area contributed by atoms with E-state index < -0.39 is 17.7 Å². The molecule has 4 rings (SSSR count). The average Bonchev–Trinajstić information content (AvgIpc) is 3.00. The Kier molecular flexibility index (Phi) is 5.09. The van der Waals surface area contributed by atoms with Gasteiger partial charge in [0.25, 0.3) is 5.78 Å². The largest absolute Gasteiger partial charge is 0.507 e. The lowest BCUT2D eigenvalue weighted by Gasteiger charge is -2.24. The number of anilines is 1. The van der Waals surface area contributed by atoms with Gasteiger partial charge in [0.15, 0.2) is 0 Å². The molecule has 7 heteroatoms. The highest BCUT2D eigenvalue weighted by Gasteiger charge is 2.47. The molecular weight excluding hydrogens is 411 g/mol. The molecule has 1 amide bonds. The molecule has 1 saturated heterocycles. The number of pyridine rings is 1. The predicted molar refractivity (Wildman–Crippen MR) is 112 cm³/mol. The van der Waals surface area contributed by atoms with Crippen LogP contribution in [0.3, 0.4) is 0 Å². The fraction of sp³-hybridized carbons (Fsp3) is 0.0455. The number of carbonyl (C=O) groups excluding carboxylic acids is 2. The summed E-state index contributed by atoms with van der Waals surface area (Å²) in [6.07, 6.45) is 1.53. The van der Waals surface area contributed by atoms with Crippen LogP contribution in [0.5, 0.6) is 0 Å². The van der Waals surface area contributed by atoms with Gasteiger partial charge in [-0.1, -0.05) is 41.4 Å². The lowest BCUT2D eigenvalue weighted by Crippen LogP contribution is -2.30. The van der Waals surface area contributed by atoms with Crippen LogP contribution in [0.2, 0.25) is 10.0 Å². The smallest absolute Gasteiger partial charge is 0.301 e. The van der Waals surface area contributed by atoms with Crippen LogP contribution < -0.4 is 4.90 Å². The Hall–Kier alpha value is -3.15. The van der Waals surface area contributed by atoms with Gasteiger partial charge in [0, 0.05) is 21.8 Å². The molecule has 29 heavy (non-hydrogen) atoms. The second-order valence-corrected chi connectivity index (χ2v) is 7.29. The number of rotatable bonds is 3. The number of aromatic nitrogens is 1. The van der Waals surface area contributed by atoms with E-state index in [1.165, 1.54) is 11.1 Å². The van der Waals surface area contributed by atoms with Crippen LogP contribution >= 0.6 is 23.2 Å². The Morgan fingerprint density at radius 1 is 0.897 bits per heavy atom. The van der Waals surface area contributed by atoms with Gasteiger partial charge < -0.3 is 5.11 Å². The Bertz CT molecular complexity index is 1110. The molecule has 1 aliphatic rings. The number of carbonyl (C=O) groups is 2. The monoisotopic (exact) mass is 424 g/mol. The van der Waals surface area contributed by atoms with Gasteiger partial charge in [-0.15, -0.1) is 0 Å². The number of amides is 1. The van der Waals surface area contributed by atoms with Crippen molar-refractivity contribution in [1.82, 2.24) is 4.98 Å². The molecule has 1 aromatic heterocycles. The topological polar surface area (TPSA) is 70.5 Å². The standard InChI is InChI=1S/C22H14Cl2N2O3/c23-15-8-4-13(5-9-15)19-18(20(27)14-6-10-16(24)11-7-14)21(28)22(29)26(19)17-3-1-2-12-25-17/h1-12,19,27H/b20-18+/t19-/m0/s1. The van der Waals surface area contributed by atoms with Gasteiger partial charge in [0.2, 0.25) is 0 Å². The third-order valence-electron chi connectivity index (χ3n) is 4.64. The molecule has 0 spiro atoms. The number of hydrogen-bond acceptors (Lipinski definition) is 4. The van der Waals surface area contributed by atoms with Crippen molar-refractivity contribution in [1.29, 1.82) is 0 Å². The van der Waals surface area contributed by atoms with Gasteiger partial charge >= 0.3 is 5.91 Å². The zero-order valence-corrected chi connectivity index (χ0v) is 16.4. The van der Waals surface area contributed by atoms with E-state index in [1.807, 2.05) is 0 Å². The fourth-order valence-electron chi connectivity index (χ4n) is 3.29. The summed E-state index contributed by atoms with van der Waals surface area (Å²) in [6, 6.07) is 17.4. The van der Waals surface area contributed by atoms with Crippen molar-refractivity contribution in [2.24, 2.45) is 0 Å². The maximum absolute atomic E-state index is 12.9. The zero-order chi connectivity index (χ0) is 20.5. The lowest BCUT2D eigenvalue weighted by atomic mass is 9.95. The van der Waals surface area contributed by atoms with E-state index in [4.69, 9.17) is 23.2 Å². The van der Waals surface area contributed by atoms with Crippen LogP contribution in [0.25, 0.3) is 5.76 Å². The van der Waals surface area contributed by atoms with Crippen molar-refractivity contribution in [2.75, 3.05) is 4.90 Å². The summed E-state index contributed by atoms with van der Waals surface area (Å²) in [5.41, 5.74) is 0.979. The van der Waals surface area contributed by atoms with Crippen LogP contribution in [0.15, 0.2) is 78.5 Å². The molecule has 0 bridgehead atoms. The van der Waals surface area contributed by atoms with Crippen LogP contribution in [-0.4, -0.2) is 21.8 Å². The van der Waals surface area contributed by atoms with Crippen molar-refractivity contribution >= 4 is 46.5 Å². The van der Waals surface area contributed by atoms with E-state index >= 15 is 0 Å². The van der Waals surface area contributed by atoms with Gasteiger partial charge in [-0.2, -0.15) is 0 Å². The van der Waals surface area contributed by atoms with Crippen molar-refractivity contribution < 1.29 is 14.7 Å². The zero-order valence-electron chi connectivity index (χ0n) is 14.9. The fourth-order valence-corrected chi connectivity index (χ4v) is 3.54. The second kappa shape index (κ2) is 7.70. The summed E-state index contributed by atoms with van der Waals surface area (Å²) < 4.78 is 0. The van der Waals surface area contributed by atoms with Gasteiger partial charge in [0.1, 0.15) is 11.6 Å². The van der Waals surface area contributed by atoms with Crippen LogP contribution in [0.1, 0.15) is 17.2 Å². The van der Waals surface area contributed by atoms with Crippen LogP contribution in [0.4, 0.5) is 5.82 Å². The Morgan fingerprint density at radius 2 is 1.52 bits per heavy atom. The minimum Gasteiger partial charge on any atom is -0.507 e. The van der Waals surface area contributed by atoms with Crippen molar-refractivity contribution in [2.45, 2.75) is 6.04 Å². The molecule has 3 aromatic rings. The van der Waals surface area contributed by atoms with Gasteiger partial charge in [-0.25, -0.2) is 4.98 Å². The molecule has 0 radical (unpaired) electrons. The van der Waals surface area contributed by atoms with E-state index in [1.54, 1.807) is 66.7 Å². The van der Waals surface area contributed by atoms with E-state index in [2.05, 4.69) is 4.98 Å². The summed E-state index contributed by atoms with van der Waals surface area (Å²) in [5, 5.41) is 11.9. The SMILES string of the molecule is O=C1C(=O)N(c2ccccn2)[C@@H](c2ccc(Cl)cc2)/C1=C(\O)c1ccc(Cl)cc1. The first-order chi connectivity index (χ1) is 14.0. The highest BCUT2D eigenvalue weighted by atomic mass is 35.5. The number of ketones is 1. The maximum atomic E-state index is 12.9. The minimum absolute atomic E-state index is 0.0229. The van der Waals surface area contributed by atoms with Gasteiger partial charge in [-0.05, 0) is 54.1 Å². The summed E-state index contributed by atoms with van der Waals surface area (Å²) in [6.45, 7) is 0. The molecule has 1 fully saturated rings. The molecule has 2 heterocycles. The van der Waals surface area contributed by atoms with E-state index in [-0.39, 0.29) is 11.3 Å². The second-order valence-electron chi connectivity index (χ2n) is 6.42. The molecule has 0 unspecified atom stereocenters. The van der Waals surface area contributed by atoms with Gasteiger partial charge in [-0.3, -0.25) is 14.5 Å². The summed E-state index contributed by atoms with van der Waals surface area (Å²) in [5.74, 6) is -1.52. The highest BCUT2D eigenvalue weighted by Crippen LogP contribution is 2.41. The Morgan fingerprint density at radius 3 is 2.10 bits per heavy atom. The maximum Gasteiger partial charge on any atom is 0.301 e. The van der Waals surface area contributed by atoms with E-state index in [0.29, 0.717) is 27.0 Å². The number of Topliss-reactive ketones (excluding diaryl/α,β-unsaturated/α-hetero) is 1. The summed E-state index contributed by atoms with van der Waals surface area (Å²) >= 11 is 11.9. The first kappa shape index (κ1) is 19.2. The average molecular weight is 425 g/mol. The minimum atomic E-state index is -0.849. The third kappa shape index (κ3) is 3.50. The first-order valence-corrected chi connectivity index (χ1v) is 9.46. The Balaban J connectivity index is 1.94. The van der Waals surface area contributed by atoms with Gasteiger partial charge in [0.05, 0.1) is 11.6 Å². The number of hydrogen-bond donors (Lipinski definition) is 1. The van der Waals surface area contributed by atoms with E-state index in [9.17, 15) is 14.7 Å². The molecule has 1 atom stereocenters. The number of nitrogens with zero attached hydrogens (tertiary/aromatic N) is 2. The quantitative estimate of drug-likeness (QED) is 0.364. The Labute approximate surface area is 176 Å². The number of halogens is 2. The molecule has 2 aromatic carbocycles. The molecule has 1 N–H and O–H groups in total. The van der Waals surface area contributed by atoms with Crippen LogP contribution in [0, 0.1) is 0 Å². The summed E-state index contributed by atoms with van der Waals surface area (Å²) in [4.78, 5) is 31.3. The van der Waals surface area contributed by atoms with Crippen LogP contribution in [-0.2, 0) is 9.59 Å². The van der Waals surface area contributed by atoms with Crippen molar-refractivity contribution in [3.05, 3.63) is 99.7 Å². The van der Waals surface area contributed by atoms with E-state index in [0.717, 1.165) is 0 Å². The lowest BCUT2D eigenvalue weighted by molar-refractivity contribution is -0.132. The highest BCUT2D eigenvalue weighted by molar-refractivity contribution is 6.51. The molecule has 5 nitrogen and oxygen atoms in total. The molecular formula is C22H14Cl2N2O3. The summed E-state index contributed by atoms with van der Waals surface area (Å²) in [7, 11) is 0. The molecule has 0 saturated carbocycles. The predicted octanol–water partition coefficient (Wildman–Crippen LogP) is 5.01. The molecule has 1 aliphatic heterocycles. The number of benzene rings is 2.